The Balaban J connectivity index is 1.74. The van der Waals surface area contributed by atoms with Gasteiger partial charge in [-0.3, -0.25) is 24.0 Å². The van der Waals surface area contributed by atoms with Gasteiger partial charge in [-0.1, -0.05) is 43.7 Å². The SMILES string of the molecule is CCCCN(C(=O)c1ccn(-c2ccc(F)cc2)n1)c1c(N)n(Cc2ccccc2)c(=O)[nH]c1=O. The molecule has 10 heteroatoms. The van der Waals surface area contributed by atoms with Crippen molar-refractivity contribution in [3.05, 3.63) is 105 Å². The second-order valence-electron chi connectivity index (χ2n) is 8.00. The van der Waals surface area contributed by atoms with Gasteiger partial charge >= 0.3 is 5.69 Å². The minimum Gasteiger partial charge on any atom is -0.383 e. The van der Waals surface area contributed by atoms with E-state index in [2.05, 4.69) is 10.1 Å². The molecule has 3 N–H and O–H groups in total. The van der Waals surface area contributed by atoms with Crippen LogP contribution >= 0.6 is 0 Å². The molecule has 0 saturated heterocycles. The Labute approximate surface area is 200 Å². The lowest BCUT2D eigenvalue weighted by Gasteiger charge is -2.23. The van der Waals surface area contributed by atoms with Gasteiger partial charge in [0, 0.05) is 12.7 Å². The molecule has 0 radical (unpaired) electrons. The summed E-state index contributed by atoms with van der Waals surface area (Å²) < 4.78 is 15.9. The van der Waals surface area contributed by atoms with Crippen molar-refractivity contribution in [1.82, 2.24) is 19.3 Å². The first-order valence-electron chi connectivity index (χ1n) is 11.2. The van der Waals surface area contributed by atoms with E-state index in [1.165, 1.54) is 44.5 Å². The van der Waals surface area contributed by atoms with E-state index in [-0.39, 0.29) is 36.1 Å². The summed E-state index contributed by atoms with van der Waals surface area (Å²) in [6.07, 6.45) is 2.93. The molecule has 1 amide bonds. The lowest BCUT2D eigenvalue weighted by molar-refractivity contribution is 0.0981. The number of anilines is 2. The average Bonchev–Trinajstić information content (AvgIpc) is 3.35. The van der Waals surface area contributed by atoms with Crippen LogP contribution in [0.25, 0.3) is 5.69 Å². The average molecular weight is 477 g/mol. The smallest absolute Gasteiger partial charge is 0.330 e. The Bertz CT molecular complexity index is 1440. The third-order valence-electron chi connectivity index (χ3n) is 5.55. The van der Waals surface area contributed by atoms with Crippen LogP contribution in [0.4, 0.5) is 15.9 Å². The lowest BCUT2D eigenvalue weighted by atomic mass is 10.2. The van der Waals surface area contributed by atoms with Crippen LogP contribution < -0.4 is 21.9 Å². The lowest BCUT2D eigenvalue weighted by Crippen LogP contribution is -2.42. The maximum atomic E-state index is 13.5. The number of aromatic nitrogens is 4. The van der Waals surface area contributed by atoms with E-state index in [0.29, 0.717) is 12.1 Å². The number of aromatic amines is 1. The number of unbranched alkanes of at least 4 members (excludes halogenated alkanes) is 1. The van der Waals surface area contributed by atoms with Crippen LogP contribution in [-0.2, 0) is 6.54 Å². The summed E-state index contributed by atoms with van der Waals surface area (Å²) in [5, 5.41) is 4.31. The molecule has 35 heavy (non-hydrogen) atoms. The quantitative estimate of drug-likeness (QED) is 0.405. The molecule has 0 spiro atoms. The monoisotopic (exact) mass is 476 g/mol. The van der Waals surface area contributed by atoms with Gasteiger partial charge in [0.05, 0.1) is 12.2 Å². The fourth-order valence-electron chi connectivity index (χ4n) is 3.71. The molecule has 2 aromatic carbocycles. The zero-order valence-corrected chi connectivity index (χ0v) is 19.1. The number of nitrogens with one attached hydrogen (secondary N) is 1. The summed E-state index contributed by atoms with van der Waals surface area (Å²) in [6.45, 7) is 2.29. The first kappa shape index (κ1) is 23.7. The maximum Gasteiger partial charge on any atom is 0.330 e. The predicted molar refractivity (Wildman–Crippen MR) is 131 cm³/mol. The molecule has 0 aliphatic heterocycles. The van der Waals surface area contributed by atoms with Gasteiger partial charge in [0.2, 0.25) is 0 Å². The van der Waals surface area contributed by atoms with Crippen molar-refractivity contribution in [3.63, 3.8) is 0 Å². The molecule has 0 fully saturated rings. The molecule has 4 rings (SSSR count). The zero-order valence-electron chi connectivity index (χ0n) is 19.1. The molecule has 0 saturated carbocycles. The fraction of sp³-hybridized carbons (Fsp3) is 0.200. The number of nitrogens with two attached hydrogens (primary N) is 1. The predicted octanol–water partition coefficient (Wildman–Crippen LogP) is 2.94. The number of rotatable bonds is 8. The van der Waals surface area contributed by atoms with Gasteiger partial charge in [-0.05, 0) is 42.3 Å². The van der Waals surface area contributed by atoms with Gasteiger partial charge in [-0.2, -0.15) is 5.10 Å². The van der Waals surface area contributed by atoms with Crippen molar-refractivity contribution < 1.29 is 9.18 Å². The van der Waals surface area contributed by atoms with Crippen LogP contribution in [0, 0.1) is 5.82 Å². The molecule has 9 nitrogen and oxygen atoms in total. The van der Waals surface area contributed by atoms with Crippen molar-refractivity contribution in [2.45, 2.75) is 26.3 Å². The minimum absolute atomic E-state index is 0.0741. The summed E-state index contributed by atoms with van der Waals surface area (Å²) in [4.78, 5) is 42.5. The van der Waals surface area contributed by atoms with Gasteiger partial charge in [-0.15, -0.1) is 0 Å². The molecule has 2 aromatic heterocycles. The van der Waals surface area contributed by atoms with Crippen LogP contribution in [0.1, 0.15) is 35.8 Å². The number of hydrogen-bond donors (Lipinski definition) is 2. The molecule has 0 aliphatic carbocycles. The number of amides is 1. The first-order chi connectivity index (χ1) is 16.9. The first-order valence-corrected chi connectivity index (χ1v) is 11.2. The van der Waals surface area contributed by atoms with Gasteiger partial charge in [0.1, 0.15) is 11.6 Å². The number of carbonyl (C=O) groups is 1. The van der Waals surface area contributed by atoms with E-state index in [1.54, 1.807) is 6.20 Å². The third-order valence-corrected chi connectivity index (χ3v) is 5.55. The van der Waals surface area contributed by atoms with Crippen molar-refractivity contribution in [2.24, 2.45) is 0 Å². The topological polar surface area (TPSA) is 119 Å². The van der Waals surface area contributed by atoms with Crippen molar-refractivity contribution in [1.29, 1.82) is 0 Å². The number of hydrogen-bond acceptors (Lipinski definition) is 5. The van der Waals surface area contributed by atoms with Crippen molar-refractivity contribution in [3.8, 4) is 5.69 Å². The number of nitrogens with zero attached hydrogens (tertiary/aromatic N) is 4. The number of halogens is 1. The second kappa shape index (κ2) is 10.2. The Morgan fingerprint density at radius 1 is 1.09 bits per heavy atom. The van der Waals surface area contributed by atoms with E-state index in [9.17, 15) is 18.8 Å². The van der Waals surface area contributed by atoms with Gasteiger partial charge in [0.25, 0.3) is 11.5 Å². The van der Waals surface area contributed by atoms with Crippen molar-refractivity contribution >= 4 is 17.4 Å². The Kier molecular flexibility index (Phi) is 6.91. The summed E-state index contributed by atoms with van der Waals surface area (Å²) in [7, 11) is 0. The number of nitrogen functional groups attached to an aromatic ring is 1. The molecule has 4 aromatic rings. The molecule has 180 valence electrons. The van der Waals surface area contributed by atoms with Gasteiger partial charge in [0.15, 0.2) is 11.4 Å². The highest BCUT2D eigenvalue weighted by atomic mass is 19.1. The fourth-order valence-corrected chi connectivity index (χ4v) is 3.71. The molecule has 2 heterocycles. The van der Waals surface area contributed by atoms with E-state index in [4.69, 9.17) is 5.73 Å². The minimum atomic E-state index is -0.751. The largest absolute Gasteiger partial charge is 0.383 e. The van der Waals surface area contributed by atoms with E-state index in [0.717, 1.165) is 12.0 Å². The van der Waals surface area contributed by atoms with E-state index in [1.807, 2.05) is 37.3 Å². The number of H-pyrrole nitrogens is 1. The number of benzene rings is 2. The Morgan fingerprint density at radius 2 is 1.80 bits per heavy atom. The van der Waals surface area contributed by atoms with Gasteiger partial charge < -0.3 is 5.73 Å². The van der Waals surface area contributed by atoms with Crippen LogP contribution in [0.3, 0.4) is 0 Å². The highest BCUT2D eigenvalue weighted by Crippen LogP contribution is 2.21. The molecule has 0 unspecified atom stereocenters. The molecular weight excluding hydrogens is 451 g/mol. The van der Waals surface area contributed by atoms with Gasteiger partial charge in [-0.25, -0.2) is 13.9 Å². The molecule has 0 bridgehead atoms. The summed E-state index contributed by atoms with van der Waals surface area (Å²) in [5.74, 6) is -1.03. The molecule has 0 atom stereocenters. The molecular formula is C25H25FN6O3. The number of carbonyl (C=O) groups excluding carboxylic acids is 1. The van der Waals surface area contributed by atoms with Crippen molar-refractivity contribution in [2.75, 3.05) is 17.2 Å². The summed E-state index contributed by atoms with van der Waals surface area (Å²) >= 11 is 0. The molecule has 0 aliphatic rings. The highest BCUT2D eigenvalue weighted by Gasteiger charge is 2.26. The van der Waals surface area contributed by atoms with Crippen LogP contribution in [-0.4, -0.2) is 31.8 Å². The normalized spacial score (nSPS) is 10.9. The van der Waals surface area contributed by atoms with Crippen LogP contribution in [0.5, 0.6) is 0 Å². The second-order valence-corrected chi connectivity index (χ2v) is 8.00. The standard InChI is InChI=1S/C25H25FN6O3/c1-2-3-14-30(24(34)20-13-15-32(29-20)19-11-9-18(26)10-12-19)21-22(27)31(25(35)28-23(21)33)16-17-7-5-4-6-8-17/h4-13,15H,2-3,14,16,27H2,1H3,(H,28,33,35). The maximum absolute atomic E-state index is 13.5. The van der Waals surface area contributed by atoms with Crippen LogP contribution in [0.15, 0.2) is 76.4 Å². The zero-order chi connectivity index (χ0) is 24.9. The van der Waals surface area contributed by atoms with E-state index >= 15 is 0 Å². The Hall–Kier alpha value is -4.47. The highest BCUT2D eigenvalue weighted by molar-refractivity contribution is 6.06. The van der Waals surface area contributed by atoms with Crippen LogP contribution in [0.2, 0.25) is 0 Å². The summed E-state index contributed by atoms with van der Waals surface area (Å²) in [6, 6.07) is 16.3. The third kappa shape index (κ3) is 5.06. The summed E-state index contributed by atoms with van der Waals surface area (Å²) in [5.41, 5.74) is 6.26. The Morgan fingerprint density at radius 3 is 2.49 bits per heavy atom. The van der Waals surface area contributed by atoms with E-state index < -0.39 is 17.2 Å².